The van der Waals surface area contributed by atoms with Crippen LogP contribution in [-0.4, -0.2) is 5.78 Å². The Labute approximate surface area is 160 Å². The molecule has 2 nitrogen and oxygen atoms in total. The summed E-state index contributed by atoms with van der Waals surface area (Å²) in [6.07, 6.45) is 1.55. The first-order valence-electron chi connectivity index (χ1n) is 9.30. The highest BCUT2D eigenvalue weighted by Crippen LogP contribution is 2.39. The molecule has 0 amide bonds. The Morgan fingerprint density at radius 2 is 1.52 bits per heavy atom. The van der Waals surface area contributed by atoms with E-state index in [9.17, 15) is 4.79 Å². The van der Waals surface area contributed by atoms with Gasteiger partial charge in [0.25, 0.3) is 0 Å². The second-order valence-corrected chi connectivity index (χ2v) is 7.15. The molecule has 1 heterocycles. The fourth-order valence-corrected chi connectivity index (χ4v) is 3.40. The first-order valence-corrected chi connectivity index (χ1v) is 9.30. The molecule has 0 spiro atoms. The molecule has 3 aromatic carbocycles. The summed E-state index contributed by atoms with van der Waals surface area (Å²) in [5.74, 6) is 1.15. The first kappa shape index (κ1) is 17.3. The summed E-state index contributed by atoms with van der Waals surface area (Å²) >= 11 is 0. The molecule has 1 unspecified atom stereocenters. The largest absolute Gasteiger partial charge is 0.480 e. The second kappa shape index (κ2) is 7.24. The minimum absolute atomic E-state index is 0.0265. The molecule has 1 aliphatic rings. The number of benzene rings is 3. The van der Waals surface area contributed by atoms with Crippen molar-refractivity contribution in [2.24, 2.45) is 0 Å². The summed E-state index contributed by atoms with van der Waals surface area (Å²) in [6, 6.07) is 25.7. The average Bonchev–Trinajstić information content (AvgIpc) is 2.71. The minimum Gasteiger partial charge on any atom is -0.480 e. The molecule has 0 aromatic heterocycles. The quantitative estimate of drug-likeness (QED) is 0.523. The third-order valence-electron chi connectivity index (χ3n) is 4.95. The van der Waals surface area contributed by atoms with E-state index in [1.165, 1.54) is 5.56 Å². The van der Waals surface area contributed by atoms with Crippen LogP contribution in [-0.2, 0) is 0 Å². The highest BCUT2D eigenvalue weighted by Gasteiger charge is 2.32. The maximum absolute atomic E-state index is 13.2. The lowest BCUT2D eigenvalue weighted by molar-refractivity contribution is 0.0963. The van der Waals surface area contributed by atoms with Crippen LogP contribution in [0.4, 0.5) is 0 Å². The van der Waals surface area contributed by atoms with Crippen molar-refractivity contribution < 1.29 is 9.53 Å². The Hall–Kier alpha value is -3.13. The van der Waals surface area contributed by atoms with E-state index in [0.29, 0.717) is 22.8 Å². The lowest BCUT2D eigenvalue weighted by Gasteiger charge is -2.28. The molecule has 0 aliphatic carbocycles. The average molecular weight is 354 g/mol. The highest BCUT2D eigenvalue weighted by molar-refractivity contribution is 6.14. The van der Waals surface area contributed by atoms with E-state index < -0.39 is 6.10 Å². The molecule has 0 saturated carbocycles. The predicted octanol–water partition coefficient (Wildman–Crippen LogP) is 6.21. The van der Waals surface area contributed by atoms with Gasteiger partial charge in [-0.15, -0.1) is 0 Å². The number of rotatable bonds is 3. The van der Waals surface area contributed by atoms with E-state index in [2.05, 4.69) is 38.1 Å². The fraction of sp³-hybridized carbons (Fsp3) is 0.160. The number of Topliss-reactive ketones (excluding diaryl/α,β-unsaturated/α-hetero) is 1. The number of carbonyl (C=O) groups is 1. The summed E-state index contributed by atoms with van der Waals surface area (Å²) in [4.78, 5) is 13.2. The van der Waals surface area contributed by atoms with E-state index >= 15 is 0 Å². The third-order valence-corrected chi connectivity index (χ3v) is 4.95. The standard InChI is InChI=1S/C25H22O2/c1-17(2)19-14-12-18(13-15-19)16-22-24(26)21-10-6-7-11-23(21)27-25(22)20-8-4-3-5-9-20/h3-17,25H,1-2H3. The van der Waals surface area contributed by atoms with Crippen molar-refractivity contribution in [1.82, 2.24) is 0 Å². The monoisotopic (exact) mass is 354 g/mol. The highest BCUT2D eigenvalue weighted by atomic mass is 16.5. The van der Waals surface area contributed by atoms with Crippen LogP contribution >= 0.6 is 0 Å². The smallest absolute Gasteiger partial charge is 0.196 e. The summed E-state index contributed by atoms with van der Waals surface area (Å²) < 4.78 is 6.25. The Bertz CT molecular complexity index is 982. The van der Waals surface area contributed by atoms with Crippen LogP contribution in [0, 0.1) is 0 Å². The normalized spacial score (nSPS) is 17.7. The maximum atomic E-state index is 13.2. The van der Waals surface area contributed by atoms with Gasteiger partial charge >= 0.3 is 0 Å². The number of hydrogen-bond donors (Lipinski definition) is 0. The molecule has 0 radical (unpaired) electrons. The Morgan fingerprint density at radius 1 is 0.852 bits per heavy atom. The third kappa shape index (κ3) is 3.43. The number of carbonyl (C=O) groups excluding carboxylic acids is 1. The number of fused-ring (bicyclic) bond motifs is 1. The van der Waals surface area contributed by atoms with Gasteiger partial charge in [-0.25, -0.2) is 0 Å². The van der Waals surface area contributed by atoms with E-state index in [4.69, 9.17) is 4.74 Å². The number of ketones is 1. The maximum Gasteiger partial charge on any atom is 0.196 e. The molecule has 1 aliphatic heterocycles. The predicted molar refractivity (Wildman–Crippen MR) is 109 cm³/mol. The molecule has 134 valence electrons. The van der Waals surface area contributed by atoms with Crippen molar-refractivity contribution in [2.45, 2.75) is 25.9 Å². The lowest BCUT2D eigenvalue weighted by Crippen LogP contribution is -2.23. The van der Waals surface area contributed by atoms with Gasteiger partial charge < -0.3 is 4.74 Å². The van der Waals surface area contributed by atoms with Crippen molar-refractivity contribution >= 4 is 11.9 Å². The van der Waals surface area contributed by atoms with Crippen molar-refractivity contribution in [3.63, 3.8) is 0 Å². The topological polar surface area (TPSA) is 26.3 Å². The first-order chi connectivity index (χ1) is 13.1. The van der Waals surface area contributed by atoms with Crippen molar-refractivity contribution in [3.8, 4) is 5.75 Å². The van der Waals surface area contributed by atoms with Crippen LogP contribution in [0.25, 0.3) is 6.08 Å². The van der Waals surface area contributed by atoms with Crippen LogP contribution < -0.4 is 4.74 Å². The van der Waals surface area contributed by atoms with Gasteiger partial charge in [-0.05, 0) is 40.8 Å². The fourth-order valence-electron chi connectivity index (χ4n) is 3.40. The van der Waals surface area contributed by atoms with Gasteiger partial charge in [0.1, 0.15) is 5.75 Å². The molecular formula is C25H22O2. The second-order valence-electron chi connectivity index (χ2n) is 7.15. The Kier molecular flexibility index (Phi) is 4.64. The van der Waals surface area contributed by atoms with Crippen LogP contribution in [0.3, 0.4) is 0 Å². The molecule has 0 fully saturated rings. The molecule has 1 atom stereocenters. The van der Waals surface area contributed by atoms with Crippen molar-refractivity contribution in [2.75, 3.05) is 0 Å². The van der Waals surface area contributed by atoms with Gasteiger partial charge in [0.2, 0.25) is 0 Å². The summed E-state index contributed by atoms with van der Waals surface area (Å²) in [6.45, 7) is 4.35. The van der Waals surface area contributed by atoms with Crippen molar-refractivity contribution in [1.29, 1.82) is 0 Å². The zero-order valence-corrected chi connectivity index (χ0v) is 15.6. The van der Waals surface area contributed by atoms with Gasteiger partial charge in [0.05, 0.1) is 5.56 Å². The summed E-state index contributed by atoms with van der Waals surface area (Å²) in [7, 11) is 0. The number of ether oxygens (including phenoxy) is 1. The van der Waals surface area contributed by atoms with Gasteiger partial charge in [-0.1, -0.05) is 80.6 Å². The van der Waals surface area contributed by atoms with E-state index in [1.807, 2.05) is 60.7 Å². The Morgan fingerprint density at radius 3 is 2.22 bits per heavy atom. The van der Waals surface area contributed by atoms with Gasteiger partial charge in [-0.3, -0.25) is 4.79 Å². The molecule has 0 bridgehead atoms. The zero-order valence-electron chi connectivity index (χ0n) is 15.6. The van der Waals surface area contributed by atoms with E-state index in [-0.39, 0.29) is 5.78 Å². The summed E-state index contributed by atoms with van der Waals surface area (Å²) in [5, 5.41) is 0. The van der Waals surface area contributed by atoms with Gasteiger partial charge in [-0.2, -0.15) is 0 Å². The molecule has 0 N–H and O–H groups in total. The van der Waals surface area contributed by atoms with Crippen LogP contribution in [0.2, 0.25) is 0 Å². The molecule has 3 aromatic rings. The number of para-hydroxylation sites is 1. The van der Waals surface area contributed by atoms with E-state index in [0.717, 1.165) is 11.1 Å². The summed E-state index contributed by atoms with van der Waals surface area (Å²) in [5.41, 5.74) is 4.55. The van der Waals surface area contributed by atoms with Gasteiger partial charge in [0.15, 0.2) is 11.9 Å². The molecule has 0 saturated heterocycles. The minimum atomic E-state index is -0.404. The Balaban J connectivity index is 1.80. The van der Waals surface area contributed by atoms with Crippen LogP contribution in [0.5, 0.6) is 5.75 Å². The van der Waals surface area contributed by atoms with Gasteiger partial charge in [0, 0.05) is 5.57 Å². The van der Waals surface area contributed by atoms with Crippen molar-refractivity contribution in [3.05, 3.63) is 107 Å². The molecular weight excluding hydrogens is 332 g/mol. The van der Waals surface area contributed by atoms with Crippen LogP contribution in [0.1, 0.15) is 52.9 Å². The molecule has 2 heteroatoms. The zero-order chi connectivity index (χ0) is 18.8. The SMILES string of the molecule is CC(C)c1ccc(C=C2C(=O)c3ccccc3OC2c2ccccc2)cc1. The molecule has 27 heavy (non-hydrogen) atoms. The molecule has 4 rings (SSSR count). The number of hydrogen-bond acceptors (Lipinski definition) is 2. The van der Waals surface area contributed by atoms with Crippen LogP contribution in [0.15, 0.2) is 84.4 Å². The van der Waals surface area contributed by atoms with E-state index in [1.54, 1.807) is 0 Å². The lowest BCUT2D eigenvalue weighted by atomic mass is 9.89.